The minimum atomic E-state index is -0.344. The van der Waals surface area contributed by atoms with Crippen LogP contribution in [0.3, 0.4) is 0 Å². The molecule has 2 rings (SSSR count). The fourth-order valence-electron chi connectivity index (χ4n) is 2.09. The maximum Gasteiger partial charge on any atom is 0.187 e. The number of thiazole rings is 1. The Bertz CT molecular complexity index is 424. The van der Waals surface area contributed by atoms with Crippen LogP contribution in [0.1, 0.15) is 18.7 Å². The second kappa shape index (κ2) is 5.30. The van der Waals surface area contributed by atoms with Gasteiger partial charge in [-0.2, -0.15) is 0 Å². The lowest BCUT2D eigenvalue weighted by molar-refractivity contribution is -0.101. The van der Waals surface area contributed by atoms with Gasteiger partial charge >= 0.3 is 0 Å². The Morgan fingerprint density at radius 1 is 1.56 bits per heavy atom. The molecule has 7 heteroatoms. The highest BCUT2D eigenvalue weighted by atomic mass is 35.5. The standard InChI is InChI=1S/C11H17ClN2O3S/c1-11(2)6-14(3-7(4-15)17-11)10-13-9(12)8(5-16)18-10/h7,15-16H,3-6H2,1-2H3. The third-order valence-corrected chi connectivity index (χ3v) is 4.26. The van der Waals surface area contributed by atoms with Crippen molar-refractivity contribution in [2.45, 2.75) is 32.2 Å². The molecule has 2 N–H and O–H groups in total. The van der Waals surface area contributed by atoms with E-state index in [9.17, 15) is 5.11 Å². The van der Waals surface area contributed by atoms with Gasteiger partial charge in [-0.1, -0.05) is 22.9 Å². The molecule has 0 radical (unpaired) electrons. The monoisotopic (exact) mass is 292 g/mol. The number of aliphatic hydroxyl groups excluding tert-OH is 2. The lowest BCUT2D eigenvalue weighted by Crippen LogP contribution is -2.54. The van der Waals surface area contributed by atoms with E-state index >= 15 is 0 Å². The molecule has 0 saturated carbocycles. The first-order chi connectivity index (χ1) is 8.45. The fourth-order valence-corrected chi connectivity index (χ4v) is 3.22. The van der Waals surface area contributed by atoms with Gasteiger partial charge in [0.15, 0.2) is 5.13 Å². The van der Waals surface area contributed by atoms with Gasteiger partial charge in [0, 0.05) is 13.1 Å². The van der Waals surface area contributed by atoms with Crippen LogP contribution in [0.15, 0.2) is 0 Å². The Morgan fingerprint density at radius 3 is 2.83 bits per heavy atom. The summed E-state index contributed by atoms with van der Waals surface area (Å²) < 4.78 is 5.74. The van der Waals surface area contributed by atoms with Gasteiger partial charge in [0.25, 0.3) is 0 Å². The van der Waals surface area contributed by atoms with Gasteiger partial charge in [0.05, 0.1) is 29.8 Å². The third-order valence-electron chi connectivity index (χ3n) is 2.74. The first-order valence-corrected chi connectivity index (χ1v) is 6.94. The zero-order valence-corrected chi connectivity index (χ0v) is 12.0. The van der Waals surface area contributed by atoms with Crippen LogP contribution in [-0.4, -0.2) is 46.6 Å². The van der Waals surface area contributed by atoms with Crippen molar-refractivity contribution >= 4 is 28.1 Å². The lowest BCUT2D eigenvalue weighted by atomic mass is 10.1. The summed E-state index contributed by atoms with van der Waals surface area (Å²) in [4.78, 5) is 6.96. The van der Waals surface area contributed by atoms with Crippen molar-refractivity contribution in [1.29, 1.82) is 0 Å². The first-order valence-electron chi connectivity index (χ1n) is 5.75. The number of hydrogen-bond acceptors (Lipinski definition) is 6. The molecule has 0 aliphatic carbocycles. The minimum Gasteiger partial charge on any atom is -0.394 e. The first kappa shape index (κ1) is 14.0. The van der Waals surface area contributed by atoms with Crippen molar-refractivity contribution in [3.63, 3.8) is 0 Å². The van der Waals surface area contributed by atoms with Crippen molar-refractivity contribution in [1.82, 2.24) is 4.98 Å². The predicted octanol–water partition coefficient (Wildman–Crippen LogP) is 1.26. The Morgan fingerprint density at radius 2 is 2.28 bits per heavy atom. The van der Waals surface area contributed by atoms with E-state index in [2.05, 4.69) is 4.98 Å². The van der Waals surface area contributed by atoms with Crippen LogP contribution in [-0.2, 0) is 11.3 Å². The van der Waals surface area contributed by atoms with E-state index in [0.29, 0.717) is 23.1 Å². The molecule has 1 unspecified atom stereocenters. The lowest BCUT2D eigenvalue weighted by Gasteiger charge is -2.42. The van der Waals surface area contributed by atoms with Crippen LogP contribution in [0, 0.1) is 0 Å². The summed E-state index contributed by atoms with van der Waals surface area (Å²) in [5.74, 6) is 0. The summed E-state index contributed by atoms with van der Waals surface area (Å²) in [5.41, 5.74) is -0.344. The Kier molecular flexibility index (Phi) is 4.13. The number of ether oxygens (including phenoxy) is 1. The van der Waals surface area contributed by atoms with E-state index in [4.69, 9.17) is 21.4 Å². The zero-order chi connectivity index (χ0) is 13.3. The molecule has 1 aromatic rings. The van der Waals surface area contributed by atoms with Crippen LogP contribution < -0.4 is 4.90 Å². The van der Waals surface area contributed by atoms with Gasteiger partial charge in [0.2, 0.25) is 0 Å². The van der Waals surface area contributed by atoms with E-state index in [1.165, 1.54) is 11.3 Å². The summed E-state index contributed by atoms with van der Waals surface area (Å²) in [7, 11) is 0. The highest BCUT2D eigenvalue weighted by Gasteiger charge is 2.34. The maximum atomic E-state index is 9.26. The number of hydrogen-bond donors (Lipinski definition) is 2. The van der Waals surface area contributed by atoms with Gasteiger partial charge < -0.3 is 19.8 Å². The highest BCUT2D eigenvalue weighted by Crippen LogP contribution is 2.33. The topological polar surface area (TPSA) is 65.8 Å². The summed E-state index contributed by atoms with van der Waals surface area (Å²) in [6.45, 7) is 5.08. The molecule has 1 aromatic heterocycles. The van der Waals surface area contributed by atoms with Crippen molar-refractivity contribution in [3.05, 3.63) is 10.0 Å². The van der Waals surface area contributed by atoms with Gasteiger partial charge in [0.1, 0.15) is 5.15 Å². The molecule has 1 saturated heterocycles. The average Bonchev–Trinajstić information content (AvgIpc) is 2.68. The molecular weight excluding hydrogens is 276 g/mol. The number of nitrogens with zero attached hydrogens (tertiary/aromatic N) is 2. The molecule has 0 spiro atoms. The second-order valence-electron chi connectivity index (χ2n) is 4.93. The molecular formula is C11H17ClN2O3S. The van der Waals surface area contributed by atoms with E-state index in [-0.39, 0.29) is 24.9 Å². The van der Waals surface area contributed by atoms with Crippen LogP contribution in [0.25, 0.3) is 0 Å². The van der Waals surface area contributed by atoms with E-state index in [1.54, 1.807) is 0 Å². The molecule has 1 atom stereocenters. The number of aromatic nitrogens is 1. The van der Waals surface area contributed by atoms with Gasteiger partial charge in [-0.25, -0.2) is 4.98 Å². The summed E-state index contributed by atoms with van der Waals surface area (Å²) >= 11 is 7.31. The molecule has 0 aromatic carbocycles. The molecule has 1 fully saturated rings. The van der Waals surface area contributed by atoms with Crippen LogP contribution in [0.2, 0.25) is 5.15 Å². The second-order valence-corrected chi connectivity index (χ2v) is 6.35. The SMILES string of the molecule is CC1(C)CN(c2nc(Cl)c(CO)s2)CC(CO)O1. The van der Waals surface area contributed by atoms with E-state index in [0.717, 1.165) is 5.13 Å². The average molecular weight is 293 g/mol. The molecule has 1 aliphatic heterocycles. The van der Waals surface area contributed by atoms with Crippen molar-refractivity contribution < 1.29 is 14.9 Å². The van der Waals surface area contributed by atoms with Crippen molar-refractivity contribution in [2.24, 2.45) is 0 Å². The Labute approximate surface area is 115 Å². The molecule has 1 aliphatic rings. The largest absolute Gasteiger partial charge is 0.394 e. The third kappa shape index (κ3) is 2.95. The molecule has 102 valence electrons. The fraction of sp³-hybridized carbons (Fsp3) is 0.727. The summed E-state index contributed by atoms with van der Waals surface area (Å²) in [6, 6.07) is 0. The summed E-state index contributed by atoms with van der Waals surface area (Å²) in [6.07, 6.45) is -0.228. The van der Waals surface area contributed by atoms with Crippen LogP contribution in [0.5, 0.6) is 0 Å². The zero-order valence-electron chi connectivity index (χ0n) is 10.4. The Balaban J connectivity index is 2.20. The number of morpholine rings is 1. The molecule has 18 heavy (non-hydrogen) atoms. The van der Waals surface area contributed by atoms with Gasteiger partial charge in [-0.3, -0.25) is 0 Å². The van der Waals surface area contributed by atoms with Crippen LogP contribution >= 0.6 is 22.9 Å². The number of rotatable bonds is 3. The smallest absolute Gasteiger partial charge is 0.187 e. The van der Waals surface area contributed by atoms with Crippen LogP contribution in [0.4, 0.5) is 5.13 Å². The van der Waals surface area contributed by atoms with Gasteiger partial charge in [-0.05, 0) is 13.8 Å². The maximum absolute atomic E-state index is 9.26. The van der Waals surface area contributed by atoms with E-state index < -0.39 is 0 Å². The van der Waals surface area contributed by atoms with Crippen molar-refractivity contribution in [3.8, 4) is 0 Å². The quantitative estimate of drug-likeness (QED) is 0.878. The van der Waals surface area contributed by atoms with Gasteiger partial charge in [-0.15, -0.1) is 0 Å². The molecule has 0 amide bonds. The minimum absolute atomic E-state index is 0.0219. The number of anilines is 1. The normalized spacial score (nSPS) is 23.4. The highest BCUT2D eigenvalue weighted by molar-refractivity contribution is 7.16. The predicted molar refractivity (Wildman–Crippen MR) is 71.3 cm³/mol. The number of halogens is 1. The van der Waals surface area contributed by atoms with E-state index in [1.807, 2.05) is 18.7 Å². The molecule has 0 bridgehead atoms. The van der Waals surface area contributed by atoms with Crippen molar-refractivity contribution in [2.75, 3.05) is 24.6 Å². The molecule has 2 heterocycles. The molecule has 5 nitrogen and oxygen atoms in total. The summed E-state index contributed by atoms with van der Waals surface area (Å²) in [5, 5.41) is 19.5. The number of aliphatic hydroxyl groups is 2. The Hall–Kier alpha value is -0.400.